The quantitative estimate of drug-likeness (QED) is 0.133. The van der Waals surface area contributed by atoms with E-state index in [1.807, 2.05) is 38.1 Å². The summed E-state index contributed by atoms with van der Waals surface area (Å²) in [6, 6.07) is 15.0. The number of thioether (sulfide) groups is 1. The molecule has 2 heterocycles. The minimum Gasteiger partial charge on any atom is -0.406 e. The molecule has 0 radical (unpaired) electrons. The van der Waals surface area contributed by atoms with Gasteiger partial charge in [-0.05, 0) is 59.5 Å². The summed E-state index contributed by atoms with van der Waals surface area (Å²) >= 11 is 1.25. The van der Waals surface area contributed by atoms with Crippen molar-refractivity contribution < 1.29 is 31.9 Å². The Hall–Kier alpha value is -4.72. The van der Waals surface area contributed by atoms with Gasteiger partial charge in [0.25, 0.3) is 5.91 Å². The molecule has 5 rings (SSSR count). The van der Waals surface area contributed by atoms with Crippen LogP contribution in [0.3, 0.4) is 0 Å². The number of nitrogens with zero attached hydrogens (tertiary/aromatic N) is 6. The summed E-state index contributed by atoms with van der Waals surface area (Å²) < 4.78 is 58.1. The van der Waals surface area contributed by atoms with Crippen LogP contribution < -0.4 is 14.5 Å². The molecule has 1 saturated heterocycles. The van der Waals surface area contributed by atoms with Crippen molar-refractivity contribution in [2.24, 2.45) is 17.3 Å². The lowest BCUT2D eigenvalue weighted by molar-refractivity contribution is -0.274. The van der Waals surface area contributed by atoms with E-state index < -0.39 is 23.8 Å². The molecule has 3 aromatic carbocycles. The Morgan fingerprint density at radius 2 is 1.84 bits per heavy atom. The number of amides is 2. The molecular weight excluding hydrogens is 600 g/mol. The normalized spacial score (nSPS) is 14.9. The van der Waals surface area contributed by atoms with Crippen molar-refractivity contribution in [3.8, 4) is 5.75 Å². The zero-order valence-corrected chi connectivity index (χ0v) is 24.8. The summed E-state index contributed by atoms with van der Waals surface area (Å²) in [5.41, 5.74) is 2.46. The smallest absolute Gasteiger partial charge is 0.406 e. The van der Waals surface area contributed by atoms with Crippen molar-refractivity contribution >= 4 is 57.2 Å². The highest BCUT2D eigenvalue weighted by molar-refractivity contribution is 8.15. The van der Waals surface area contributed by atoms with E-state index in [-0.39, 0.29) is 34.3 Å². The van der Waals surface area contributed by atoms with E-state index in [0.29, 0.717) is 16.2 Å². The summed E-state index contributed by atoms with van der Waals surface area (Å²) in [7, 11) is 2.95. The number of hydrogen-bond donors (Lipinski definition) is 0. The number of amidine groups is 1. The molecule has 0 unspecified atom stereocenters. The van der Waals surface area contributed by atoms with Gasteiger partial charge in [0.2, 0.25) is 5.91 Å². The molecule has 228 valence electrons. The zero-order valence-electron chi connectivity index (χ0n) is 24.0. The topological polar surface area (TPSA) is 92.4 Å². The molecule has 0 N–H and O–H groups in total. The fourth-order valence-electron chi connectivity index (χ4n) is 4.73. The zero-order chi connectivity index (χ0) is 31.8. The molecule has 44 heavy (non-hydrogen) atoms. The SMILES string of the molecule is CC(C)c1ccccc1N1C(=O)CS/C1=N/N=Cc1cc(F)c2c(C(=O)N(C)c3ccc(OC(F)(F)F)cc3)nn(C)c2c1. The first-order chi connectivity index (χ1) is 20.8. The first-order valence-electron chi connectivity index (χ1n) is 13.3. The monoisotopic (exact) mass is 626 g/mol. The molecule has 0 bridgehead atoms. The maximum atomic E-state index is 15.4. The molecule has 1 fully saturated rings. The molecule has 0 spiro atoms. The second kappa shape index (κ2) is 12.1. The van der Waals surface area contributed by atoms with Gasteiger partial charge in [-0.2, -0.15) is 10.2 Å². The van der Waals surface area contributed by atoms with Crippen LogP contribution in [0.4, 0.5) is 28.9 Å². The van der Waals surface area contributed by atoms with Crippen LogP contribution in [-0.2, 0) is 11.8 Å². The number of aromatic nitrogens is 2. The molecule has 1 aliphatic heterocycles. The predicted octanol–water partition coefficient (Wildman–Crippen LogP) is 6.48. The van der Waals surface area contributed by atoms with E-state index in [1.54, 1.807) is 13.1 Å². The van der Waals surface area contributed by atoms with E-state index in [4.69, 9.17) is 0 Å². The van der Waals surface area contributed by atoms with Gasteiger partial charge in [0.1, 0.15) is 11.6 Å². The first kappa shape index (κ1) is 30.7. The lowest BCUT2D eigenvalue weighted by Gasteiger charge is -2.20. The number of ether oxygens (including phenoxy) is 1. The minimum absolute atomic E-state index is 0.0294. The molecule has 0 saturated carbocycles. The van der Waals surface area contributed by atoms with Crippen LogP contribution in [0.25, 0.3) is 10.9 Å². The number of fused-ring (bicyclic) bond motifs is 1. The highest BCUT2D eigenvalue weighted by Gasteiger charge is 2.32. The van der Waals surface area contributed by atoms with Crippen LogP contribution >= 0.6 is 11.8 Å². The Kier molecular flexibility index (Phi) is 8.46. The summed E-state index contributed by atoms with van der Waals surface area (Å²) in [4.78, 5) is 28.7. The molecule has 1 aliphatic rings. The number of halogens is 4. The van der Waals surface area contributed by atoms with Gasteiger partial charge in [0.15, 0.2) is 10.9 Å². The van der Waals surface area contributed by atoms with E-state index in [9.17, 15) is 22.8 Å². The summed E-state index contributed by atoms with van der Waals surface area (Å²) in [6.45, 7) is 4.08. The second-order valence-electron chi connectivity index (χ2n) is 10.1. The van der Waals surface area contributed by atoms with E-state index in [1.165, 1.54) is 52.8 Å². The van der Waals surface area contributed by atoms with Gasteiger partial charge in [0, 0.05) is 19.8 Å². The highest BCUT2D eigenvalue weighted by Crippen LogP contribution is 2.33. The maximum absolute atomic E-state index is 15.4. The number of rotatable bonds is 7. The van der Waals surface area contributed by atoms with Crippen LogP contribution in [0, 0.1) is 5.82 Å². The number of aryl methyl sites for hydroxylation is 1. The summed E-state index contributed by atoms with van der Waals surface area (Å²) in [5, 5.41) is 13.0. The molecular formula is C30H26F4N6O3S. The molecule has 2 amide bonds. The van der Waals surface area contributed by atoms with Crippen molar-refractivity contribution in [1.82, 2.24) is 9.78 Å². The third-order valence-corrected chi connectivity index (χ3v) is 7.72. The van der Waals surface area contributed by atoms with E-state index >= 15 is 4.39 Å². The van der Waals surface area contributed by atoms with Crippen molar-refractivity contribution in [3.63, 3.8) is 0 Å². The average molecular weight is 627 g/mol. The van der Waals surface area contributed by atoms with Crippen LogP contribution in [0.15, 0.2) is 70.9 Å². The van der Waals surface area contributed by atoms with Gasteiger partial charge in [-0.1, -0.05) is 43.8 Å². The molecule has 9 nitrogen and oxygen atoms in total. The molecule has 14 heteroatoms. The number of hydrogen-bond acceptors (Lipinski definition) is 7. The number of carbonyl (C=O) groups excluding carboxylic acids is 2. The molecule has 1 aromatic heterocycles. The summed E-state index contributed by atoms with van der Waals surface area (Å²) in [5.74, 6) is -1.57. The second-order valence-corrected chi connectivity index (χ2v) is 11.1. The lowest BCUT2D eigenvalue weighted by atomic mass is 10.0. The van der Waals surface area contributed by atoms with Gasteiger partial charge in [-0.15, -0.1) is 18.3 Å². The van der Waals surface area contributed by atoms with Crippen LogP contribution in [0.1, 0.15) is 41.4 Å². The van der Waals surface area contributed by atoms with Crippen LogP contribution in [0.2, 0.25) is 0 Å². The Balaban J connectivity index is 1.39. The number of carbonyl (C=O) groups is 2. The Bertz CT molecular complexity index is 1800. The van der Waals surface area contributed by atoms with Crippen LogP contribution in [0.5, 0.6) is 5.75 Å². The Morgan fingerprint density at radius 3 is 2.52 bits per heavy atom. The van der Waals surface area contributed by atoms with Gasteiger partial charge < -0.3 is 9.64 Å². The standard InChI is InChI=1S/C30H26F4N6O3S/c1-17(2)21-7-5-6-8-23(21)40-25(41)16-44-29(40)36-35-15-18-13-22(31)26-24(14-18)39(4)37-27(26)28(42)38(3)19-9-11-20(12-10-19)43-30(32,33)34/h5-15,17H,16H2,1-4H3/b35-15?,36-29+. The maximum Gasteiger partial charge on any atom is 0.573 e. The van der Waals surface area contributed by atoms with Crippen molar-refractivity contribution in [2.75, 3.05) is 22.6 Å². The number of benzene rings is 3. The number of anilines is 2. The Morgan fingerprint density at radius 1 is 1.14 bits per heavy atom. The van der Waals surface area contributed by atoms with Crippen molar-refractivity contribution in [1.29, 1.82) is 0 Å². The molecule has 0 aliphatic carbocycles. The fraction of sp³-hybridized carbons (Fsp3) is 0.233. The average Bonchev–Trinajstić information content (AvgIpc) is 3.51. The Labute approximate surface area is 253 Å². The van der Waals surface area contributed by atoms with Gasteiger partial charge in [-0.3, -0.25) is 19.2 Å². The minimum atomic E-state index is -4.85. The van der Waals surface area contributed by atoms with Gasteiger partial charge in [0.05, 0.1) is 28.6 Å². The van der Waals surface area contributed by atoms with E-state index in [2.05, 4.69) is 20.0 Å². The van der Waals surface area contributed by atoms with Crippen molar-refractivity contribution in [2.45, 2.75) is 26.1 Å². The fourth-order valence-corrected chi connectivity index (χ4v) is 5.54. The summed E-state index contributed by atoms with van der Waals surface area (Å²) in [6.07, 6.45) is -3.50. The van der Waals surface area contributed by atoms with Crippen molar-refractivity contribution in [3.05, 3.63) is 83.3 Å². The third-order valence-electron chi connectivity index (χ3n) is 6.81. The van der Waals surface area contributed by atoms with E-state index in [0.717, 1.165) is 28.3 Å². The van der Waals surface area contributed by atoms with Gasteiger partial charge in [-0.25, -0.2) is 4.39 Å². The van der Waals surface area contributed by atoms with Crippen LogP contribution in [-0.4, -0.2) is 52.1 Å². The van der Waals surface area contributed by atoms with Gasteiger partial charge >= 0.3 is 6.36 Å². The number of alkyl halides is 3. The lowest BCUT2D eigenvalue weighted by Crippen LogP contribution is -2.30. The first-order valence-corrected chi connectivity index (χ1v) is 14.3. The number of para-hydroxylation sites is 1. The third kappa shape index (κ3) is 6.30. The highest BCUT2D eigenvalue weighted by atomic mass is 32.2. The largest absolute Gasteiger partial charge is 0.573 e. The predicted molar refractivity (Wildman–Crippen MR) is 162 cm³/mol. The molecule has 0 atom stereocenters. The molecule has 4 aromatic rings.